The maximum absolute atomic E-state index is 12.6. The molecular weight excluding hydrogens is 296 g/mol. The fourth-order valence-corrected chi connectivity index (χ4v) is 3.24. The third-order valence-electron chi connectivity index (χ3n) is 4.16. The Bertz CT molecular complexity index is 612. The highest BCUT2D eigenvalue weighted by Crippen LogP contribution is 2.41. The van der Waals surface area contributed by atoms with Crippen LogP contribution in [0.5, 0.6) is 0 Å². The van der Waals surface area contributed by atoms with Gasteiger partial charge in [0.1, 0.15) is 5.01 Å². The van der Waals surface area contributed by atoms with Crippen molar-refractivity contribution in [2.24, 2.45) is 5.92 Å². The number of carbonyl (C=O) groups is 1. The molecule has 5 nitrogen and oxygen atoms in total. The summed E-state index contributed by atoms with van der Waals surface area (Å²) < 4.78 is 0. The highest BCUT2D eigenvalue weighted by Gasteiger charge is 2.35. The molecule has 0 aliphatic heterocycles. The number of hydrogen-bond acceptors (Lipinski definition) is 4. The van der Waals surface area contributed by atoms with Gasteiger partial charge in [-0.1, -0.05) is 6.07 Å². The van der Waals surface area contributed by atoms with Gasteiger partial charge < -0.3 is 10.2 Å². The molecule has 6 heteroatoms. The van der Waals surface area contributed by atoms with Crippen molar-refractivity contribution in [3.05, 3.63) is 46.7 Å². The van der Waals surface area contributed by atoms with Gasteiger partial charge in [0, 0.05) is 31.0 Å². The number of nitrogens with one attached hydrogen (secondary N) is 1. The zero-order valence-corrected chi connectivity index (χ0v) is 13.6. The average molecular weight is 316 g/mol. The molecule has 0 radical (unpaired) electrons. The zero-order valence-electron chi connectivity index (χ0n) is 12.8. The molecule has 2 amide bonds. The standard InChI is InChI=1S/C16H20N4OS/c1-11(13-4-3-7-17-10-13)20(2)16(21)19-14(12-5-6-12)15-18-8-9-22-15/h3-4,7-12,14H,5-6H2,1-2H3,(H,19,21)/t11-,14-/m1/s1. The van der Waals surface area contributed by atoms with Crippen molar-refractivity contribution in [2.75, 3.05) is 7.05 Å². The Morgan fingerprint density at radius 3 is 2.86 bits per heavy atom. The van der Waals surface area contributed by atoms with Gasteiger partial charge in [0.15, 0.2) is 0 Å². The molecule has 3 rings (SSSR count). The van der Waals surface area contributed by atoms with E-state index in [-0.39, 0.29) is 18.1 Å². The number of carbonyl (C=O) groups excluding carboxylic acids is 1. The van der Waals surface area contributed by atoms with Gasteiger partial charge in [-0.25, -0.2) is 9.78 Å². The molecule has 1 fully saturated rings. The lowest BCUT2D eigenvalue weighted by Gasteiger charge is -2.27. The van der Waals surface area contributed by atoms with Crippen molar-refractivity contribution in [1.29, 1.82) is 0 Å². The maximum atomic E-state index is 12.6. The van der Waals surface area contributed by atoms with Crippen LogP contribution in [0.2, 0.25) is 0 Å². The summed E-state index contributed by atoms with van der Waals surface area (Å²) in [7, 11) is 1.82. The molecule has 2 aromatic rings. The predicted molar refractivity (Wildman–Crippen MR) is 86.5 cm³/mol. The third kappa shape index (κ3) is 3.27. The van der Waals surface area contributed by atoms with Gasteiger partial charge in [0.25, 0.3) is 0 Å². The second kappa shape index (κ2) is 6.44. The van der Waals surface area contributed by atoms with Crippen molar-refractivity contribution >= 4 is 17.4 Å². The number of aromatic nitrogens is 2. The molecule has 2 heterocycles. The molecular formula is C16H20N4OS. The van der Waals surface area contributed by atoms with Crippen molar-refractivity contribution in [3.63, 3.8) is 0 Å². The number of amides is 2. The molecule has 1 aliphatic carbocycles. The first-order valence-electron chi connectivity index (χ1n) is 7.49. The average Bonchev–Trinajstić information content (AvgIpc) is 3.25. The van der Waals surface area contributed by atoms with Crippen LogP contribution < -0.4 is 5.32 Å². The minimum absolute atomic E-state index is 0.0233. The smallest absolute Gasteiger partial charge is 0.318 e. The molecule has 0 aromatic carbocycles. The number of pyridine rings is 1. The van der Waals surface area contributed by atoms with Crippen molar-refractivity contribution in [3.8, 4) is 0 Å². The highest BCUT2D eigenvalue weighted by atomic mass is 32.1. The van der Waals surface area contributed by atoms with E-state index in [1.807, 2.05) is 31.5 Å². The van der Waals surface area contributed by atoms with Crippen molar-refractivity contribution < 1.29 is 4.79 Å². The Hall–Kier alpha value is -1.95. The second-order valence-corrected chi connectivity index (χ2v) is 6.63. The summed E-state index contributed by atoms with van der Waals surface area (Å²) in [6.07, 6.45) is 7.65. The van der Waals surface area contributed by atoms with Crippen LogP contribution in [-0.2, 0) is 0 Å². The Morgan fingerprint density at radius 1 is 1.45 bits per heavy atom. The largest absolute Gasteiger partial charge is 0.328 e. The van der Waals surface area contributed by atoms with E-state index in [4.69, 9.17) is 0 Å². The van der Waals surface area contributed by atoms with E-state index in [1.54, 1.807) is 34.8 Å². The van der Waals surface area contributed by atoms with E-state index in [0.29, 0.717) is 5.92 Å². The number of thiazole rings is 1. The van der Waals surface area contributed by atoms with Crippen LogP contribution in [-0.4, -0.2) is 27.9 Å². The van der Waals surface area contributed by atoms with Crippen LogP contribution in [0, 0.1) is 5.92 Å². The van der Waals surface area contributed by atoms with E-state index >= 15 is 0 Å². The number of rotatable bonds is 5. The van der Waals surface area contributed by atoms with Gasteiger partial charge in [0.05, 0.1) is 12.1 Å². The Kier molecular flexibility index (Phi) is 4.38. The molecule has 0 spiro atoms. The zero-order chi connectivity index (χ0) is 15.5. The minimum atomic E-state index is -0.0662. The molecule has 1 saturated carbocycles. The molecule has 1 aliphatic rings. The van der Waals surface area contributed by atoms with E-state index in [9.17, 15) is 4.79 Å². The van der Waals surface area contributed by atoms with Gasteiger partial charge in [-0.15, -0.1) is 11.3 Å². The highest BCUT2D eigenvalue weighted by molar-refractivity contribution is 7.09. The SMILES string of the molecule is C[C@H](c1cccnc1)N(C)C(=O)N[C@@H](c1nccs1)C1CC1. The van der Waals surface area contributed by atoms with Gasteiger partial charge in [-0.2, -0.15) is 0 Å². The summed E-state index contributed by atoms with van der Waals surface area (Å²) in [4.78, 5) is 22.8. The van der Waals surface area contributed by atoms with Crippen LogP contribution >= 0.6 is 11.3 Å². The first kappa shape index (κ1) is 15.0. The molecule has 0 bridgehead atoms. The number of nitrogens with zero attached hydrogens (tertiary/aromatic N) is 3. The van der Waals surface area contributed by atoms with Crippen LogP contribution in [0.1, 0.15) is 42.4 Å². The molecule has 116 valence electrons. The molecule has 0 saturated heterocycles. The van der Waals surface area contributed by atoms with E-state index < -0.39 is 0 Å². The summed E-state index contributed by atoms with van der Waals surface area (Å²) in [5.41, 5.74) is 1.03. The predicted octanol–water partition coefficient (Wildman–Crippen LogP) is 3.39. The normalized spacial score (nSPS) is 16.8. The Morgan fingerprint density at radius 2 is 2.27 bits per heavy atom. The van der Waals surface area contributed by atoms with Crippen LogP contribution in [0.3, 0.4) is 0 Å². The van der Waals surface area contributed by atoms with E-state index in [1.165, 1.54) is 0 Å². The lowest BCUT2D eigenvalue weighted by molar-refractivity contribution is 0.188. The maximum Gasteiger partial charge on any atom is 0.318 e. The summed E-state index contributed by atoms with van der Waals surface area (Å²) >= 11 is 1.60. The first-order valence-corrected chi connectivity index (χ1v) is 8.37. The lowest BCUT2D eigenvalue weighted by atomic mass is 10.1. The first-order chi connectivity index (χ1) is 10.7. The Balaban J connectivity index is 1.67. The van der Waals surface area contributed by atoms with Gasteiger partial charge in [0.2, 0.25) is 0 Å². The van der Waals surface area contributed by atoms with E-state index in [2.05, 4.69) is 15.3 Å². The second-order valence-electron chi connectivity index (χ2n) is 5.71. The lowest BCUT2D eigenvalue weighted by Crippen LogP contribution is -2.41. The Labute approximate surface area is 134 Å². The van der Waals surface area contributed by atoms with Crippen molar-refractivity contribution in [2.45, 2.75) is 31.8 Å². The summed E-state index contributed by atoms with van der Waals surface area (Å²) in [5, 5.41) is 6.10. The van der Waals surface area contributed by atoms with Crippen LogP contribution in [0.25, 0.3) is 0 Å². The van der Waals surface area contributed by atoms with Crippen LogP contribution in [0.4, 0.5) is 4.79 Å². The summed E-state index contributed by atoms with van der Waals surface area (Å²) in [6.45, 7) is 2.01. The van der Waals surface area contributed by atoms with Gasteiger partial charge >= 0.3 is 6.03 Å². The third-order valence-corrected chi connectivity index (χ3v) is 5.02. The molecule has 22 heavy (non-hydrogen) atoms. The molecule has 0 unspecified atom stereocenters. The fraction of sp³-hybridized carbons (Fsp3) is 0.438. The van der Waals surface area contributed by atoms with Gasteiger partial charge in [-0.3, -0.25) is 4.98 Å². The summed E-state index contributed by atoms with van der Waals surface area (Å²) in [6, 6.07) is 3.82. The number of urea groups is 1. The van der Waals surface area contributed by atoms with Crippen molar-refractivity contribution in [1.82, 2.24) is 20.2 Å². The van der Waals surface area contributed by atoms with E-state index in [0.717, 1.165) is 23.4 Å². The fourth-order valence-electron chi connectivity index (χ4n) is 2.46. The molecule has 1 N–H and O–H groups in total. The van der Waals surface area contributed by atoms with Crippen LogP contribution in [0.15, 0.2) is 36.1 Å². The molecule has 2 aromatic heterocycles. The van der Waals surface area contributed by atoms with Gasteiger partial charge in [-0.05, 0) is 37.3 Å². The topological polar surface area (TPSA) is 58.1 Å². The quantitative estimate of drug-likeness (QED) is 0.920. The monoisotopic (exact) mass is 316 g/mol. The summed E-state index contributed by atoms with van der Waals surface area (Å²) in [5.74, 6) is 0.525. The number of hydrogen-bond donors (Lipinski definition) is 1. The molecule has 2 atom stereocenters. The minimum Gasteiger partial charge on any atom is -0.328 e.